The molecule has 9 aromatic rings. The van der Waals surface area contributed by atoms with Gasteiger partial charge in [0.2, 0.25) is 0 Å². The molecular formula is C67H68BN3O. The molecule has 2 atom stereocenters. The number of para-hydroxylation sites is 2. The fourth-order valence-corrected chi connectivity index (χ4v) is 14.8. The van der Waals surface area contributed by atoms with E-state index in [9.17, 15) is 0 Å². The van der Waals surface area contributed by atoms with Crippen molar-refractivity contribution in [3.63, 3.8) is 0 Å². The van der Waals surface area contributed by atoms with E-state index in [0.717, 1.165) is 34.0 Å². The summed E-state index contributed by atoms with van der Waals surface area (Å²) in [6.45, 7) is 31.5. The summed E-state index contributed by atoms with van der Waals surface area (Å²) in [5.74, 6) is 0. The zero-order valence-electron chi connectivity index (χ0n) is 44.8. The van der Waals surface area contributed by atoms with Crippen LogP contribution in [0.3, 0.4) is 0 Å². The zero-order chi connectivity index (χ0) is 50.0. The highest BCUT2D eigenvalue weighted by Crippen LogP contribution is 2.62. The molecule has 2 aliphatic carbocycles. The smallest absolute Gasteiger partial charge is 0.252 e. The first-order valence-electron chi connectivity index (χ1n) is 26.9. The molecule has 4 nitrogen and oxygen atoms in total. The highest BCUT2D eigenvalue weighted by molar-refractivity contribution is 7.00. The standard InChI is InChI=1S/C67H68BN3O/c1-62(2,3)39-27-30-51-48(34-39)66(12)31-18-19-32-67(66,13)71(51)42-28-29-49-53(38-42)69(52-25-20-23-44-43-21-15-17-26-56(43)72-60(44)52)54-36-41(64(7,8)9)37-55-58(54)68(49)50-35-40(63(4,5)6)33-46-57-45-22-14-16-24-47(45)65(10,11)61(57)70(55)59(46)50/h14-17,20-30,33-38H,18-19,31-32H2,1-13H3. The Morgan fingerprint density at radius 3 is 2.00 bits per heavy atom. The van der Waals surface area contributed by atoms with Crippen LogP contribution >= 0.6 is 0 Å². The van der Waals surface area contributed by atoms with E-state index >= 15 is 0 Å². The maximum Gasteiger partial charge on any atom is 0.252 e. The maximum absolute atomic E-state index is 7.09. The van der Waals surface area contributed by atoms with E-state index in [1.165, 1.54) is 120 Å². The van der Waals surface area contributed by atoms with E-state index < -0.39 is 0 Å². The van der Waals surface area contributed by atoms with E-state index in [-0.39, 0.29) is 39.3 Å². The van der Waals surface area contributed by atoms with Crippen molar-refractivity contribution in [2.24, 2.45) is 0 Å². The van der Waals surface area contributed by atoms with Gasteiger partial charge in [0.05, 0.1) is 11.2 Å². The Bertz CT molecular complexity index is 3860. The fourth-order valence-electron chi connectivity index (χ4n) is 14.8. The van der Waals surface area contributed by atoms with Crippen LogP contribution in [-0.2, 0) is 27.1 Å². The van der Waals surface area contributed by atoms with Gasteiger partial charge in [0, 0.05) is 72.2 Å². The third-order valence-electron chi connectivity index (χ3n) is 18.9. The molecule has 0 saturated heterocycles. The molecule has 1 saturated carbocycles. The van der Waals surface area contributed by atoms with Gasteiger partial charge in [-0.15, -0.1) is 0 Å². The van der Waals surface area contributed by atoms with Crippen molar-refractivity contribution in [2.45, 2.75) is 148 Å². The number of rotatable bonds is 2. The largest absolute Gasteiger partial charge is 0.454 e. The number of aromatic nitrogens is 1. The molecule has 1 fully saturated rings. The van der Waals surface area contributed by atoms with E-state index in [4.69, 9.17) is 4.42 Å². The molecule has 3 aliphatic heterocycles. The van der Waals surface area contributed by atoms with Crippen LogP contribution in [0, 0.1) is 0 Å². The molecular weight excluding hydrogens is 874 g/mol. The summed E-state index contributed by atoms with van der Waals surface area (Å²) < 4.78 is 9.83. The van der Waals surface area contributed by atoms with E-state index in [1.807, 2.05) is 0 Å². The maximum atomic E-state index is 7.09. The Morgan fingerprint density at radius 2 is 1.22 bits per heavy atom. The van der Waals surface area contributed by atoms with Crippen molar-refractivity contribution in [1.82, 2.24) is 4.57 Å². The van der Waals surface area contributed by atoms with E-state index in [1.54, 1.807) is 0 Å². The van der Waals surface area contributed by atoms with Crippen molar-refractivity contribution in [3.8, 4) is 16.8 Å². The summed E-state index contributed by atoms with van der Waals surface area (Å²) in [4.78, 5) is 5.42. The van der Waals surface area contributed by atoms with Crippen molar-refractivity contribution in [1.29, 1.82) is 0 Å². The van der Waals surface area contributed by atoms with Gasteiger partial charge in [-0.2, -0.15) is 0 Å². The molecule has 0 bridgehead atoms. The average molecular weight is 942 g/mol. The number of fused-ring (bicyclic) bond motifs is 15. The molecule has 0 N–H and O–H groups in total. The van der Waals surface area contributed by atoms with Crippen LogP contribution in [0.1, 0.15) is 149 Å². The number of anilines is 5. The molecule has 5 aliphatic rings. The second-order valence-corrected chi connectivity index (χ2v) is 26.5. The van der Waals surface area contributed by atoms with Crippen LogP contribution in [0.4, 0.5) is 28.4 Å². The van der Waals surface area contributed by atoms with Gasteiger partial charge in [0.1, 0.15) is 5.58 Å². The van der Waals surface area contributed by atoms with Gasteiger partial charge in [-0.25, -0.2) is 0 Å². The first-order chi connectivity index (χ1) is 34.1. The second-order valence-electron chi connectivity index (χ2n) is 26.5. The second kappa shape index (κ2) is 14.0. The Kier molecular flexibility index (Phi) is 8.59. The predicted molar refractivity (Wildman–Crippen MR) is 306 cm³/mol. The number of hydrogen-bond donors (Lipinski definition) is 0. The van der Waals surface area contributed by atoms with Crippen molar-refractivity contribution in [2.75, 3.05) is 9.80 Å². The van der Waals surface area contributed by atoms with Gasteiger partial charge in [0.25, 0.3) is 6.71 Å². The van der Waals surface area contributed by atoms with Crippen LogP contribution in [0.5, 0.6) is 0 Å². The Hall–Kier alpha value is -6.46. The van der Waals surface area contributed by atoms with Crippen LogP contribution in [0.25, 0.3) is 49.7 Å². The molecule has 0 radical (unpaired) electrons. The van der Waals surface area contributed by atoms with E-state index in [2.05, 4.69) is 232 Å². The monoisotopic (exact) mass is 942 g/mol. The van der Waals surface area contributed by atoms with Crippen LogP contribution in [0.2, 0.25) is 0 Å². The Morgan fingerprint density at radius 1 is 0.528 bits per heavy atom. The van der Waals surface area contributed by atoms with Gasteiger partial charge < -0.3 is 18.8 Å². The number of furan rings is 1. The molecule has 2 aromatic heterocycles. The summed E-state index contributed by atoms with van der Waals surface area (Å²) in [6.07, 6.45) is 4.81. The summed E-state index contributed by atoms with van der Waals surface area (Å²) in [5, 5.41) is 3.66. The SMILES string of the molecule is CC(C)(C)c1cc2c3c(c1)-n1c4c(c5cc(C(C)(C)C)cc(c51)B3c1ccc(N3c5ccc(C(C)(C)C)cc5C5(C)CCCCC35C)cc1N2c1cccc2c1oc1ccccc12)-c1ccccc1C4(C)C. The fraction of sp³-hybridized carbons (Fsp3) is 0.343. The number of hydrogen-bond acceptors (Lipinski definition) is 3. The average Bonchev–Trinajstić information content (AvgIpc) is 4.02. The minimum absolute atomic E-state index is 0.000978. The van der Waals surface area contributed by atoms with Gasteiger partial charge in [0.15, 0.2) is 5.58 Å². The van der Waals surface area contributed by atoms with Crippen LogP contribution in [0.15, 0.2) is 132 Å². The first-order valence-corrected chi connectivity index (χ1v) is 26.9. The number of nitrogens with zero attached hydrogens (tertiary/aromatic N) is 3. The minimum Gasteiger partial charge on any atom is -0.454 e. The lowest BCUT2D eigenvalue weighted by Gasteiger charge is -2.50. The molecule has 5 heteroatoms. The van der Waals surface area contributed by atoms with Crippen molar-refractivity contribution in [3.05, 3.63) is 161 Å². The lowest BCUT2D eigenvalue weighted by atomic mass is 9.33. The third-order valence-corrected chi connectivity index (χ3v) is 18.9. The lowest BCUT2D eigenvalue weighted by Crippen LogP contribution is -2.61. The molecule has 360 valence electrons. The molecule has 5 heterocycles. The lowest BCUT2D eigenvalue weighted by molar-refractivity contribution is 0.195. The number of benzene rings is 7. The third kappa shape index (κ3) is 5.55. The minimum atomic E-state index is -0.230. The van der Waals surface area contributed by atoms with Gasteiger partial charge in [-0.05, 0) is 134 Å². The predicted octanol–water partition coefficient (Wildman–Crippen LogP) is 16.1. The summed E-state index contributed by atoms with van der Waals surface area (Å²) in [5.41, 5.74) is 25.5. The molecule has 7 aromatic carbocycles. The zero-order valence-corrected chi connectivity index (χ0v) is 44.8. The summed E-state index contributed by atoms with van der Waals surface area (Å²) in [6, 6.07) is 50.0. The van der Waals surface area contributed by atoms with E-state index in [0.29, 0.717) is 0 Å². The molecule has 72 heavy (non-hydrogen) atoms. The molecule has 0 spiro atoms. The van der Waals surface area contributed by atoms with Crippen LogP contribution < -0.4 is 26.2 Å². The highest BCUT2D eigenvalue weighted by atomic mass is 16.3. The van der Waals surface area contributed by atoms with Crippen molar-refractivity contribution >= 4 is 84.4 Å². The quantitative estimate of drug-likeness (QED) is 0.161. The highest BCUT2D eigenvalue weighted by Gasteiger charge is 2.58. The van der Waals surface area contributed by atoms with Gasteiger partial charge in [-0.3, -0.25) is 0 Å². The molecule has 0 amide bonds. The topological polar surface area (TPSA) is 24.6 Å². The van der Waals surface area contributed by atoms with Gasteiger partial charge in [-0.1, -0.05) is 175 Å². The summed E-state index contributed by atoms with van der Waals surface area (Å²) in [7, 11) is 0. The van der Waals surface area contributed by atoms with Crippen molar-refractivity contribution < 1.29 is 4.42 Å². The molecule has 14 rings (SSSR count). The normalized spacial score (nSPS) is 20.5. The Balaban J connectivity index is 1.13. The van der Waals surface area contributed by atoms with Crippen LogP contribution in [-0.4, -0.2) is 16.8 Å². The summed E-state index contributed by atoms with van der Waals surface area (Å²) >= 11 is 0. The molecule has 2 unspecified atom stereocenters. The van der Waals surface area contributed by atoms with Gasteiger partial charge >= 0.3 is 0 Å². The first kappa shape index (κ1) is 44.3. The Labute approximate surface area is 427 Å².